The van der Waals surface area contributed by atoms with Gasteiger partial charge in [-0.25, -0.2) is 0 Å². The number of carbonyl (C=O) groups is 1. The maximum Gasteiger partial charge on any atom is 0.286 e. The predicted octanol–water partition coefficient (Wildman–Crippen LogP) is 2.60. The fourth-order valence-corrected chi connectivity index (χ4v) is 4.06. The van der Waals surface area contributed by atoms with Crippen LogP contribution >= 0.6 is 0 Å². The molecule has 1 heterocycles. The minimum absolute atomic E-state index is 0.159. The van der Waals surface area contributed by atoms with E-state index in [1.807, 2.05) is 13.0 Å². The Kier molecular flexibility index (Phi) is 8.30. The van der Waals surface area contributed by atoms with Crippen molar-refractivity contribution in [1.29, 1.82) is 0 Å². The lowest BCUT2D eigenvalue weighted by atomic mass is 9.71. The molecule has 0 unspecified atom stereocenters. The number of nitrogens with one attached hydrogen (secondary N) is 1. The Bertz CT molecular complexity index is 490. The lowest BCUT2D eigenvalue weighted by Crippen LogP contribution is -2.42. The third-order valence-electron chi connectivity index (χ3n) is 5.23. The lowest BCUT2D eigenvalue weighted by molar-refractivity contribution is -0.176. The number of rotatable bonds is 8. The van der Waals surface area contributed by atoms with Gasteiger partial charge in [-0.2, -0.15) is 0 Å². The van der Waals surface area contributed by atoms with E-state index in [1.165, 1.54) is 32.1 Å². The van der Waals surface area contributed by atoms with E-state index in [2.05, 4.69) is 11.2 Å². The molecule has 1 saturated carbocycles. The van der Waals surface area contributed by atoms with E-state index in [4.69, 9.17) is 15.9 Å². The van der Waals surface area contributed by atoms with Crippen LogP contribution in [-0.4, -0.2) is 37.1 Å². The van der Waals surface area contributed by atoms with Gasteiger partial charge < -0.3 is 19.9 Å². The molecule has 5 heteroatoms. The summed E-state index contributed by atoms with van der Waals surface area (Å²) < 4.78 is 11.7. The van der Waals surface area contributed by atoms with Crippen molar-refractivity contribution in [2.45, 2.75) is 58.2 Å². The average Bonchev–Trinajstić information content (AvgIpc) is 2.65. The van der Waals surface area contributed by atoms with Crippen LogP contribution < -0.4 is 5.32 Å². The van der Waals surface area contributed by atoms with E-state index in [-0.39, 0.29) is 30.9 Å². The number of amides is 1. The topological polar surface area (TPSA) is 67.8 Å². The van der Waals surface area contributed by atoms with Crippen molar-refractivity contribution >= 4 is 5.91 Å². The number of hydrogen-bond acceptors (Lipinski definition) is 4. The molecular formula is C20H31NO4. The molecule has 0 aromatic heterocycles. The van der Waals surface area contributed by atoms with E-state index in [9.17, 15) is 9.90 Å². The van der Waals surface area contributed by atoms with E-state index < -0.39 is 6.29 Å². The number of carbonyl (C=O) groups excluding carboxylic acids is 1. The van der Waals surface area contributed by atoms with Crippen LogP contribution in [0.2, 0.25) is 0 Å². The molecule has 2 aliphatic rings. The molecule has 1 amide bonds. The highest BCUT2D eigenvalue weighted by molar-refractivity contribution is 5.91. The molecule has 1 fully saturated rings. The second kappa shape index (κ2) is 10.5. The summed E-state index contributed by atoms with van der Waals surface area (Å²) in [5.41, 5.74) is 0. The Hall–Kier alpha value is -1.51. The van der Waals surface area contributed by atoms with Gasteiger partial charge in [0.2, 0.25) is 6.29 Å². The summed E-state index contributed by atoms with van der Waals surface area (Å²) in [5, 5.41) is 11.9. The van der Waals surface area contributed by atoms with Gasteiger partial charge >= 0.3 is 0 Å². The minimum Gasteiger partial charge on any atom is -0.459 e. The highest BCUT2D eigenvalue weighted by Crippen LogP contribution is 2.42. The number of aliphatic hydroxyl groups excluding tert-OH is 1. The molecule has 0 aromatic carbocycles. The first-order chi connectivity index (χ1) is 12.2. The van der Waals surface area contributed by atoms with E-state index in [0.29, 0.717) is 24.7 Å². The zero-order chi connectivity index (χ0) is 18.1. The fraction of sp³-hybridized carbons (Fsp3) is 0.750. The Morgan fingerprint density at radius 1 is 1.44 bits per heavy atom. The summed E-state index contributed by atoms with van der Waals surface area (Å²) >= 11 is 0. The molecule has 0 radical (unpaired) electrons. The second-order valence-corrected chi connectivity index (χ2v) is 6.86. The third kappa shape index (κ3) is 5.49. The van der Waals surface area contributed by atoms with E-state index in [0.717, 1.165) is 6.42 Å². The molecule has 3 atom stereocenters. The number of hydrogen-bond donors (Lipinski definition) is 2. The summed E-state index contributed by atoms with van der Waals surface area (Å²) in [7, 11) is 0. The second-order valence-electron chi connectivity index (χ2n) is 6.86. The molecule has 0 saturated heterocycles. The van der Waals surface area contributed by atoms with Crippen LogP contribution in [0.1, 0.15) is 51.9 Å². The van der Waals surface area contributed by atoms with Crippen LogP contribution in [-0.2, 0) is 14.3 Å². The van der Waals surface area contributed by atoms with Crippen molar-refractivity contribution in [3.63, 3.8) is 0 Å². The molecule has 0 bridgehead atoms. The van der Waals surface area contributed by atoms with Crippen LogP contribution in [0.3, 0.4) is 0 Å². The Balaban J connectivity index is 2.23. The molecule has 0 aromatic rings. The minimum atomic E-state index is -0.444. The van der Waals surface area contributed by atoms with Crippen molar-refractivity contribution in [3.8, 4) is 12.3 Å². The number of terminal acetylenes is 1. The molecular weight excluding hydrogens is 318 g/mol. The van der Waals surface area contributed by atoms with Gasteiger partial charge in [0.1, 0.15) is 0 Å². The lowest BCUT2D eigenvalue weighted by Gasteiger charge is -2.41. The normalized spacial score (nSPS) is 27.1. The van der Waals surface area contributed by atoms with Crippen LogP contribution in [0, 0.1) is 30.1 Å². The van der Waals surface area contributed by atoms with Gasteiger partial charge in [-0.3, -0.25) is 4.79 Å². The monoisotopic (exact) mass is 349 g/mol. The molecule has 25 heavy (non-hydrogen) atoms. The van der Waals surface area contributed by atoms with Gasteiger partial charge in [0.25, 0.3) is 5.91 Å². The Morgan fingerprint density at radius 2 is 2.20 bits per heavy atom. The summed E-state index contributed by atoms with van der Waals surface area (Å²) in [5.74, 6) is 3.41. The van der Waals surface area contributed by atoms with Crippen molar-refractivity contribution in [1.82, 2.24) is 5.32 Å². The van der Waals surface area contributed by atoms with Gasteiger partial charge in [0.05, 0.1) is 6.54 Å². The van der Waals surface area contributed by atoms with Crippen molar-refractivity contribution in [2.24, 2.45) is 17.8 Å². The predicted molar refractivity (Wildman–Crippen MR) is 96.3 cm³/mol. The average molecular weight is 349 g/mol. The maximum absolute atomic E-state index is 12.4. The van der Waals surface area contributed by atoms with Gasteiger partial charge in [-0.15, -0.1) is 6.42 Å². The van der Waals surface area contributed by atoms with Crippen LogP contribution in [0.5, 0.6) is 0 Å². The van der Waals surface area contributed by atoms with Crippen molar-refractivity contribution < 1.29 is 19.4 Å². The number of ether oxygens (including phenoxy) is 2. The molecule has 1 aliphatic carbocycles. The number of aliphatic hydroxyl groups is 1. The molecule has 0 spiro atoms. The largest absolute Gasteiger partial charge is 0.459 e. The molecule has 5 nitrogen and oxygen atoms in total. The number of allylic oxidation sites excluding steroid dienone is 1. The molecule has 2 N–H and O–H groups in total. The highest BCUT2D eigenvalue weighted by atomic mass is 16.7. The molecule has 2 rings (SSSR count). The first kappa shape index (κ1) is 19.8. The summed E-state index contributed by atoms with van der Waals surface area (Å²) in [6, 6.07) is 0. The van der Waals surface area contributed by atoms with Gasteiger partial charge in [0, 0.05) is 19.1 Å². The standard InChI is InChI=1S/C20H31NO4/c1-3-12-21-19(23)18-14-17(15-9-6-5-7-10-15)16(11-8-13-22)20(25-18)24-4-2/h1,14-17,20,22H,4-13H2,2H3,(H,21,23)/t16-,17+,20+/m1/s1. The van der Waals surface area contributed by atoms with Crippen molar-refractivity contribution in [3.05, 3.63) is 11.8 Å². The van der Waals surface area contributed by atoms with E-state index in [1.54, 1.807) is 0 Å². The SMILES string of the molecule is C#CCNC(=O)C1=C[C@@H](C2CCCCC2)[C@@H](CCCO)[C@@H](OCC)O1. The maximum atomic E-state index is 12.4. The van der Waals surface area contributed by atoms with Gasteiger partial charge in [-0.05, 0) is 50.5 Å². The van der Waals surface area contributed by atoms with Crippen LogP contribution in [0.25, 0.3) is 0 Å². The Morgan fingerprint density at radius 3 is 2.84 bits per heavy atom. The Labute approximate surface area is 151 Å². The summed E-state index contributed by atoms with van der Waals surface area (Å²) in [4.78, 5) is 12.4. The fourth-order valence-electron chi connectivity index (χ4n) is 4.06. The first-order valence-electron chi connectivity index (χ1n) is 9.53. The van der Waals surface area contributed by atoms with Gasteiger partial charge in [0.15, 0.2) is 5.76 Å². The summed E-state index contributed by atoms with van der Waals surface area (Å²) in [6.07, 6.45) is 14.4. The van der Waals surface area contributed by atoms with E-state index >= 15 is 0 Å². The van der Waals surface area contributed by atoms with Crippen molar-refractivity contribution in [2.75, 3.05) is 19.8 Å². The smallest absolute Gasteiger partial charge is 0.286 e. The highest BCUT2D eigenvalue weighted by Gasteiger charge is 2.40. The molecule has 1 aliphatic heterocycles. The van der Waals surface area contributed by atoms with Crippen LogP contribution in [0.15, 0.2) is 11.8 Å². The quantitative estimate of drug-likeness (QED) is 0.661. The third-order valence-corrected chi connectivity index (χ3v) is 5.23. The van der Waals surface area contributed by atoms with Crippen LogP contribution in [0.4, 0.5) is 0 Å². The summed E-state index contributed by atoms with van der Waals surface area (Å²) in [6.45, 7) is 2.79. The molecule has 140 valence electrons. The zero-order valence-corrected chi connectivity index (χ0v) is 15.2. The first-order valence-corrected chi connectivity index (χ1v) is 9.53. The van der Waals surface area contributed by atoms with Gasteiger partial charge in [-0.1, -0.05) is 25.2 Å². The zero-order valence-electron chi connectivity index (χ0n) is 15.2.